The minimum atomic E-state index is -0.421. The van der Waals surface area contributed by atoms with Gasteiger partial charge in [-0.1, -0.05) is 29.8 Å². The van der Waals surface area contributed by atoms with E-state index in [0.29, 0.717) is 27.7 Å². The van der Waals surface area contributed by atoms with Crippen molar-refractivity contribution in [3.63, 3.8) is 0 Å². The highest BCUT2D eigenvalue weighted by Gasteiger charge is 2.40. The molecule has 0 fully saturated rings. The van der Waals surface area contributed by atoms with Gasteiger partial charge in [0.2, 0.25) is 0 Å². The zero-order valence-electron chi connectivity index (χ0n) is 12.1. The quantitative estimate of drug-likeness (QED) is 0.508. The third kappa shape index (κ3) is 1.87. The van der Waals surface area contributed by atoms with E-state index in [0.717, 1.165) is 4.90 Å². The molecule has 112 valence electrons. The minimum absolute atomic E-state index is 0.108. The Morgan fingerprint density at radius 3 is 2.52 bits per heavy atom. The average Bonchev–Trinajstić information content (AvgIpc) is 2.81. The van der Waals surface area contributed by atoms with Crippen molar-refractivity contribution in [2.45, 2.75) is 6.92 Å². The number of hydrogen-bond donors (Lipinski definition) is 0. The number of halogens is 1. The van der Waals surface area contributed by atoms with Crippen LogP contribution in [-0.2, 0) is 0 Å². The van der Waals surface area contributed by atoms with E-state index in [1.54, 1.807) is 25.1 Å². The fourth-order valence-corrected chi connectivity index (χ4v) is 3.10. The molecule has 1 aliphatic rings. The summed E-state index contributed by atoms with van der Waals surface area (Å²) in [5.74, 6) is -0.822. The van der Waals surface area contributed by atoms with Gasteiger partial charge in [0, 0.05) is 11.6 Å². The molecule has 23 heavy (non-hydrogen) atoms. The van der Waals surface area contributed by atoms with Crippen molar-refractivity contribution in [2.24, 2.45) is 0 Å². The van der Waals surface area contributed by atoms with E-state index in [1.807, 2.05) is 18.2 Å². The lowest BCUT2D eigenvalue weighted by Crippen LogP contribution is -2.30. The number of aromatic nitrogens is 2. The van der Waals surface area contributed by atoms with Crippen LogP contribution in [0.5, 0.6) is 0 Å². The van der Waals surface area contributed by atoms with E-state index in [1.165, 1.54) is 6.20 Å². The lowest BCUT2D eigenvalue weighted by atomic mass is 10.0. The molecule has 0 radical (unpaired) electrons. The third-order valence-corrected chi connectivity index (χ3v) is 4.18. The predicted molar refractivity (Wildman–Crippen MR) is 86.9 cm³/mol. The number of carbonyl (C=O) groups excluding carboxylic acids is 2. The Kier molecular flexibility index (Phi) is 2.92. The molecule has 6 heteroatoms. The molecule has 2 amide bonds. The van der Waals surface area contributed by atoms with Crippen LogP contribution < -0.4 is 4.90 Å². The van der Waals surface area contributed by atoms with Gasteiger partial charge < -0.3 is 0 Å². The molecule has 0 aliphatic carbocycles. The van der Waals surface area contributed by atoms with Gasteiger partial charge in [0.15, 0.2) is 5.15 Å². The molecule has 3 aromatic rings. The summed E-state index contributed by atoms with van der Waals surface area (Å²) in [6.07, 6.45) is 1.51. The molecule has 0 saturated carbocycles. The van der Waals surface area contributed by atoms with E-state index in [2.05, 4.69) is 9.97 Å². The van der Waals surface area contributed by atoms with Gasteiger partial charge in [-0.25, -0.2) is 9.88 Å². The van der Waals surface area contributed by atoms with E-state index >= 15 is 0 Å². The van der Waals surface area contributed by atoms with Gasteiger partial charge in [-0.15, -0.1) is 0 Å². The molecule has 0 atom stereocenters. The molecule has 4 rings (SSSR count). The zero-order chi connectivity index (χ0) is 16.1. The number of rotatable bonds is 1. The topological polar surface area (TPSA) is 63.2 Å². The van der Waals surface area contributed by atoms with Crippen LogP contribution in [-0.4, -0.2) is 21.8 Å². The first-order chi connectivity index (χ1) is 11.1. The van der Waals surface area contributed by atoms with Gasteiger partial charge in [0.1, 0.15) is 0 Å². The standard InChI is InChI=1S/C17H10ClN3O2/c1-9-13-14(10-5-2-3-6-11(10)20-9)17(23)21(16(13)22)12-7-4-8-19-15(12)18/h2-8H,1H3. The lowest BCUT2D eigenvalue weighted by Gasteiger charge is -2.14. The van der Waals surface area contributed by atoms with E-state index in [-0.39, 0.29) is 10.8 Å². The molecular formula is C17H10ClN3O2. The van der Waals surface area contributed by atoms with Crippen LogP contribution in [0.4, 0.5) is 5.69 Å². The molecule has 0 saturated heterocycles. The maximum absolute atomic E-state index is 12.9. The summed E-state index contributed by atoms with van der Waals surface area (Å²) in [6.45, 7) is 1.73. The fraction of sp³-hybridized carbons (Fsp3) is 0.0588. The summed E-state index contributed by atoms with van der Waals surface area (Å²) in [6, 6.07) is 10.5. The molecule has 0 N–H and O–H groups in total. The first-order valence-electron chi connectivity index (χ1n) is 6.98. The number of anilines is 1. The molecule has 0 spiro atoms. The van der Waals surface area contributed by atoms with Gasteiger partial charge in [0.25, 0.3) is 11.8 Å². The number of pyridine rings is 2. The number of hydrogen-bond acceptors (Lipinski definition) is 4. The van der Waals surface area contributed by atoms with Gasteiger partial charge in [-0.3, -0.25) is 14.6 Å². The lowest BCUT2D eigenvalue weighted by molar-refractivity contribution is 0.0926. The van der Waals surface area contributed by atoms with Crippen LogP contribution in [0.25, 0.3) is 10.9 Å². The Balaban J connectivity index is 2.02. The highest BCUT2D eigenvalue weighted by Crippen LogP contribution is 2.36. The number of amides is 2. The zero-order valence-corrected chi connectivity index (χ0v) is 12.8. The molecule has 1 aromatic carbocycles. The molecule has 0 unspecified atom stereocenters. The van der Waals surface area contributed by atoms with Gasteiger partial charge in [0.05, 0.1) is 28.0 Å². The summed E-state index contributed by atoms with van der Waals surface area (Å²) < 4.78 is 0. The van der Waals surface area contributed by atoms with E-state index in [4.69, 9.17) is 11.6 Å². The second-order valence-electron chi connectivity index (χ2n) is 5.22. The largest absolute Gasteiger partial charge is 0.268 e. The number of nitrogens with zero attached hydrogens (tertiary/aromatic N) is 3. The summed E-state index contributed by atoms with van der Waals surface area (Å²) in [5.41, 5.74) is 2.19. The van der Waals surface area contributed by atoms with Crippen LogP contribution in [0.15, 0.2) is 42.6 Å². The van der Waals surface area contributed by atoms with Crippen molar-refractivity contribution >= 4 is 40.0 Å². The maximum atomic E-state index is 12.9. The first kappa shape index (κ1) is 13.8. The van der Waals surface area contributed by atoms with Gasteiger partial charge in [-0.2, -0.15) is 0 Å². The second-order valence-corrected chi connectivity index (χ2v) is 5.58. The average molecular weight is 324 g/mol. The Morgan fingerprint density at radius 2 is 1.74 bits per heavy atom. The molecule has 1 aliphatic heterocycles. The smallest absolute Gasteiger partial charge is 0.268 e. The summed E-state index contributed by atoms with van der Waals surface area (Å²) >= 11 is 6.06. The number of aryl methyl sites for hydroxylation is 1. The van der Waals surface area contributed by atoms with Crippen molar-refractivity contribution in [1.29, 1.82) is 0 Å². The Hall–Kier alpha value is -2.79. The summed E-state index contributed by atoms with van der Waals surface area (Å²) in [5, 5.41) is 0.769. The van der Waals surface area contributed by atoms with Crippen molar-refractivity contribution < 1.29 is 9.59 Å². The minimum Gasteiger partial charge on any atom is -0.268 e. The Morgan fingerprint density at radius 1 is 1.00 bits per heavy atom. The number of fused-ring (bicyclic) bond motifs is 3. The van der Waals surface area contributed by atoms with Crippen LogP contribution in [0, 0.1) is 6.92 Å². The molecule has 0 bridgehead atoms. The van der Waals surface area contributed by atoms with Crippen LogP contribution in [0.2, 0.25) is 5.15 Å². The summed E-state index contributed by atoms with van der Waals surface area (Å²) in [4.78, 5) is 35.2. The normalized spacial score (nSPS) is 13.7. The van der Waals surface area contributed by atoms with E-state index < -0.39 is 11.8 Å². The summed E-state index contributed by atoms with van der Waals surface area (Å²) in [7, 11) is 0. The molecule has 2 aromatic heterocycles. The molecular weight excluding hydrogens is 314 g/mol. The van der Waals surface area contributed by atoms with Gasteiger partial charge >= 0.3 is 0 Å². The van der Waals surface area contributed by atoms with Crippen LogP contribution >= 0.6 is 11.6 Å². The molecule has 3 heterocycles. The highest BCUT2D eigenvalue weighted by molar-refractivity contribution is 6.41. The number of para-hydroxylation sites is 1. The Bertz CT molecular complexity index is 1000. The van der Waals surface area contributed by atoms with Crippen molar-refractivity contribution in [3.8, 4) is 0 Å². The maximum Gasteiger partial charge on any atom is 0.268 e. The van der Waals surface area contributed by atoms with Crippen LogP contribution in [0.3, 0.4) is 0 Å². The van der Waals surface area contributed by atoms with Crippen molar-refractivity contribution in [3.05, 3.63) is 64.6 Å². The molecule has 5 nitrogen and oxygen atoms in total. The predicted octanol–water partition coefficient (Wildman–Crippen LogP) is 3.39. The van der Waals surface area contributed by atoms with Crippen molar-refractivity contribution in [1.82, 2.24) is 9.97 Å². The number of carbonyl (C=O) groups is 2. The highest BCUT2D eigenvalue weighted by atomic mass is 35.5. The van der Waals surface area contributed by atoms with Crippen molar-refractivity contribution in [2.75, 3.05) is 4.90 Å². The second kappa shape index (κ2) is 4.86. The third-order valence-electron chi connectivity index (χ3n) is 3.89. The van der Waals surface area contributed by atoms with E-state index in [9.17, 15) is 9.59 Å². The number of benzene rings is 1. The van der Waals surface area contributed by atoms with Gasteiger partial charge in [-0.05, 0) is 25.1 Å². The SMILES string of the molecule is Cc1nc2ccccc2c2c1C(=O)N(c1cccnc1Cl)C2=O. The first-order valence-corrected chi connectivity index (χ1v) is 7.36. The Labute approximate surface area is 136 Å². The fourth-order valence-electron chi connectivity index (χ4n) is 2.90. The monoisotopic (exact) mass is 323 g/mol. The van der Waals surface area contributed by atoms with Crippen LogP contribution in [0.1, 0.15) is 26.4 Å². The number of imide groups is 1.